The van der Waals surface area contributed by atoms with Gasteiger partial charge in [0.2, 0.25) is 5.91 Å². The average Bonchev–Trinajstić information content (AvgIpc) is 2.97. The zero-order valence-electron chi connectivity index (χ0n) is 13.8. The van der Waals surface area contributed by atoms with E-state index in [1.807, 2.05) is 24.3 Å². The highest BCUT2D eigenvalue weighted by Crippen LogP contribution is 2.23. The molecule has 2 atom stereocenters. The minimum atomic E-state index is -0.678. The average molecular weight is 305 g/mol. The molecule has 1 amide bonds. The zero-order valence-corrected chi connectivity index (χ0v) is 13.8. The van der Waals surface area contributed by atoms with E-state index in [4.69, 9.17) is 4.74 Å². The van der Waals surface area contributed by atoms with Crippen LogP contribution in [0.1, 0.15) is 57.3 Å². The van der Waals surface area contributed by atoms with Crippen LogP contribution >= 0.6 is 0 Å². The first kappa shape index (κ1) is 17.0. The molecule has 1 saturated heterocycles. The summed E-state index contributed by atoms with van der Waals surface area (Å²) in [5.41, 5.74) is 2.15. The summed E-state index contributed by atoms with van der Waals surface area (Å²) < 4.78 is 5.44. The van der Waals surface area contributed by atoms with Crippen molar-refractivity contribution in [1.29, 1.82) is 0 Å². The molecule has 0 radical (unpaired) electrons. The molecular formula is C18H27NO3. The van der Waals surface area contributed by atoms with Crippen molar-refractivity contribution in [2.45, 2.75) is 57.7 Å². The van der Waals surface area contributed by atoms with Gasteiger partial charge in [0, 0.05) is 13.2 Å². The van der Waals surface area contributed by atoms with E-state index in [0.717, 1.165) is 25.0 Å². The summed E-state index contributed by atoms with van der Waals surface area (Å²) in [5.74, 6) is -0.0581. The van der Waals surface area contributed by atoms with E-state index in [1.165, 1.54) is 5.56 Å². The summed E-state index contributed by atoms with van der Waals surface area (Å²) >= 11 is 0. The van der Waals surface area contributed by atoms with Gasteiger partial charge in [0.25, 0.3) is 0 Å². The lowest BCUT2D eigenvalue weighted by Gasteiger charge is -2.20. The number of hydrogen-bond acceptors (Lipinski definition) is 3. The predicted octanol–water partition coefficient (Wildman–Crippen LogP) is 2.70. The highest BCUT2D eigenvalue weighted by Gasteiger charge is 2.20. The number of aliphatic hydroxyl groups excluding tert-OH is 1. The Morgan fingerprint density at radius 1 is 1.36 bits per heavy atom. The molecule has 0 spiro atoms. The molecule has 4 heteroatoms. The highest BCUT2D eigenvalue weighted by atomic mass is 16.5. The molecule has 0 saturated carbocycles. The van der Waals surface area contributed by atoms with Gasteiger partial charge in [0.05, 0.1) is 18.6 Å². The fraction of sp³-hybridized carbons (Fsp3) is 0.611. The van der Waals surface area contributed by atoms with Crippen molar-refractivity contribution >= 4 is 5.91 Å². The number of aliphatic hydroxyl groups is 1. The van der Waals surface area contributed by atoms with Gasteiger partial charge in [-0.15, -0.1) is 0 Å². The van der Waals surface area contributed by atoms with Crippen LogP contribution in [0.15, 0.2) is 24.3 Å². The molecule has 0 aromatic heterocycles. The fourth-order valence-corrected chi connectivity index (χ4v) is 2.62. The first-order valence-corrected chi connectivity index (χ1v) is 8.03. The van der Waals surface area contributed by atoms with Crippen LogP contribution in [0.3, 0.4) is 0 Å². The largest absolute Gasteiger partial charge is 0.387 e. The number of benzene rings is 1. The molecule has 0 bridgehead atoms. The maximum Gasteiger partial charge on any atom is 0.222 e. The molecule has 1 fully saturated rings. The number of carbonyl (C=O) groups excluding carboxylic acids is 1. The number of rotatable bonds is 5. The van der Waals surface area contributed by atoms with Gasteiger partial charge in [-0.05, 0) is 29.4 Å². The van der Waals surface area contributed by atoms with Crippen LogP contribution in [-0.4, -0.2) is 30.3 Å². The second-order valence-corrected chi connectivity index (χ2v) is 7.03. The summed E-state index contributed by atoms with van der Waals surface area (Å²) in [5, 5.41) is 13.0. The molecule has 1 aliphatic rings. The van der Waals surface area contributed by atoms with Crippen LogP contribution in [0.2, 0.25) is 0 Å². The summed E-state index contributed by atoms with van der Waals surface area (Å²) in [7, 11) is 0. The summed E-state index contributed by atoms with van der Waals surface area (Å²) in [4.78, 5) is 11.8. The number of nitrogens with one attached hydrogen (secondary N) is 1. The third kappa shape index (κ3) is 4.82. The van der Waals surface area contributed by atoms with E-state index >= 15 is 0 Å². The lowest BCUT2D eigenvalue weighted by atomic mass is 9.86. The summed E-state index contributed by atoms with van der Waals surface area (Å²) in [6, 6.07) is 7.93. The van der Waals surface area contributed by atoms with Gasteiger partial charge in [-0.2, -0.15) is 0 Å². The Hall–Kier alpha value is -1.39. The van der Waals surface area contributed by atoms with Crippen molar-refractivity contribution in [2.24, 2.45) is 0 Å². The summed E-state index contributed by atoms with van der Waals surface area (Å²) in [6.07, 6.45) is 1.73. The Balaban J connectivity index is 1.81. The molecule has 1 aliphatic heterocycles. The van der Waals surface area contributed by atoms with Crippen LogP contribution in [0.4, 0.5) is 0 Å². The van der Waals surface area contributed by atoms with Crippen molar-refractivity contribution in [2.75, 3.05) is 13.2 Å². The first-order valence-electron chi connectivity index (χ1n) is 8.03. The molecule has 4 nitrogen and oxygen atoms in total. The van der Waals surface area contributed by atoms with Crippen molar-refractivity contribution in [3.8, 4) is 0 Å². The van der Waals surface area contributed by atoms with Gasteiger partial charge in [0.1, 0.15) is 0 Å². The predicted molar refractivity (Wildman–Crippen MR) is 86.7 cm³/mol. The number of carbonyl (C=O) groups is 1. The Kier molecular flexibility index (Phi) is 5.59. The van der Waals surface area contributed by atoms with Crippen LogP contribution in [0, 0.1) is 0 Å². The van der Waals surface area contributed by atoms with E-state index in [2.05, 4.69) is 26.1 Å². The van der Waals surface area contributed by atoms with E-state index < -0.39 is 6.10 Å². The van der Waals surface area contributed by atoms with E-state index in [-0.39, 0.29) is 24.0 Å². The molecule has 0 aliphatic carbocycles. The molecule has 22 heavy (non-hydrogen) atoms. The topological polar surface area (TPSA) is 58.6 Å². The van der Waals surface area contributed by atoms with Gasteiger partial charge in [0.15, 0.2) is 0 Å². The molecule has 1 heterocycles. The van der Waals surface area contributed by atoms with Crippen molar-refractivity contribution in [1.82, 2.24) is 5.32 Å². The van der Waals surface area contributed by atoms with Gasteiger partial charge in [-0.1, -0.05) is 45.0 Å². The molecule has 1 aromatic carbocycles. The monoisotopic (exact) mass is 305 g/mol. The Morgan fingerprint density at radius 2 is 2.05 bits per heavy atom. The molecule has 1 aromatic rings. The fourth-order valence-electron chi connectivity index (χ4n) is 2.62. The van der Waals surface area contributed by atoms with Crippen LogP contribution in [-0.2, 0) is 14.9 Å². The second-order valence-electron chi connectivity index (χ2n) is 7.03. The Morgan fingerprint density at radius 3 is 2.59 bits per heavy atom. The Labute approximate surface area is 132 Å². The third-order valence-electron chi connectivity index (χ3n) is 4.09. The van der Waals surface area contributed by atoms with Gasteiger partial charge >= 0.3 is 0 Å². The van der Waals surface area contributed by atoms with Crippen LogP contribution < -0.4 is 5.32 Å². The van der Waals surface area contributed by atoms with E-state index in [9.17, 15) is 9.90 Å². The number of hydrogen-bond donors (Lipinski definition) is 2. The maximum atomic E-state index is 11.8. The minimum absolute atomic E-state index is 0.0446. The Bertz CT molecular complexity index is 484. The number of ether oxygens (including phenoxy) is 1. The molecule has 2 rings (SSSR count). The third-order valence-corrected chi connectivity index (χ3v) is 4.09. The zero-order chi connectivity index (χ0) is 16.2. The minimum Gasteiger partial charge on any atom is -0.387 e. The van der Waals surface area contributed by atoms with Crippen molar-refractivity contribution in [3.63, 3.8) is 0 Å². The first-order chi connectivity index (χ1) is 10.4. The second kappa shape index (κ2) is 7.25. The number of amides is 1. The SMILES string of the molecule is CC(C)(C)c1ccc([C@@H](O)CNC(=O)C[C@H]2CCCO2)cc1. The lowest BCUT2D eigenvalue weighted by Crippen LogP contribution is -2.31. The van der Waals surface area contributed by atoms with E-state index in [0.29, 0.717) is 6.42 Å². The molecule has 122 valence electrons. The molecular weight excluding hydrogens is 278 g/mol. The standard InChI is InChI=1S/C18H27NO3/c1-18(2,3)14-8-6-13(7-9-14)16(20)12-19-17(21)11-15-5-4-10-22-15/h6-9,15-16,20H,4-5,10-12H2,1-3H3,(H,19,21)/t15-,16+/m1/s1. The van der Waals surface area contributed by atoms with Crippen LogP contribution in [0.5, 0.6) is 0 Å². The molecule has 0 unspecified atom stereocenters. The van der Waals surface area contributed by atoms with Gasteiger partial charge < -0.3 is 15.2 Å². The maximum absolute atomic E-state index is 11.8. The lowest BCUT2D eigenvalue weighted by molar-refractivity contribution is -0.123. The smallest absolute Gasteiger partial charge is 0.222 e. The van der Waals surface area contributed by atoms with Gasteiger partial charge in [-0.25, -0.2) is 0 Å². The highest BCUT2D eigenvalue weighted by molar-refractivity contribution is 5.76. The quantitative estimate of drug-likeness (QED) is 0.879. The van der Waals surface area contributed by atoms with E-state index in [1.54, 1.807) is 0 Å². The normalized spacial score (nSPS) is 19.9. The van der Waals surface area contributed by atoms with Crippen LogP contribution in [0.25, 0.3) is 0 Å². The van der Waals surface area contributed by atoms with Crippen molar-refractivity contribution < 1.29 is 14.6 Å². The summed E-state index contributed by atoms with van der Waals surface area (Å²) in [6.45, 7) is 7.46. The molecule has 2 N–H and O–H groups in total. The van der Waals surface area contributed by atoms with Crippen molar-refractivity contribution in [3.05, 3.63) is 35.4 Å². The van der Waals surface area contributed by atoms with Gasteiger partial charge in [-0.3, -0.25) is 4.79 Å².